The highest BCUT2D eigenvalue weighted by Gasteiger charge is 2.12. The van der Waals surface area contributed by atoms with Crippen LogP contribution in [0.1, 0.15) is 34.6 Å². The maximum atomic E-state index is 12.6. The second-order valence-corrected chi connectivity index (χ2v) is 7.95. The van der Waals surface area contributed by atoms with E-state index in [4.69, 9.17) is 14.5 Å². The van der Waals surface area contributed by atoms with Crippen molar-refractivity contribution in [2.24, 2.45) is 0 Å². The number of fused-ring (bicyclic) bond motifs is 1. The van der Waals surface area contributed by atoms with Crippen LogP contribution in [0.3, 0.4) is 0 Å². The summed E-state index contributed by atoms with van der Waals surface area (Å²) >= 11 is 0. The van der Waals surface area contributed by atoms with Crippen LogP contribution in [-0.2, 0) is 13.1 Å². The van der Waals surface area contributed by atoms with Crippen LogP contribution in [-0.4, -0.2) is 29.2 Å². The highest BCUT2D eigenvalue weighted by molar-refractivity contribution is 5.94. The van der Waals surface area contributed by atoms with Crippen LogP contribution in [0.2, 0.25) is 0 Å². The Bertz CT molecular complexity index is 1220. The van der Waals surface area contributed by atoms with Crippen molar-refractivity contribution in [1.82, 2.24) is 14.9 Å². The number of hydrogen-bond acceptors (Lipinski definition) is 4. The van der Waals surface area contributed by atoms with Crippen LogP contribution < -0.4 is 14.8 Å². The van der Waals surface area contributed by atoms with Gasteiger partial charge < -0.3 is 19.4 Å². The summed E-state index contributed by atoms with van der Waals surface area (Å²) in [6.45, 7) is 3.81. The van der Waals surface area contributed by atoms with E-state index in [0.29, 0.717) is 18.7 Å². The predicted molar refractivity (Wildman–Crippen MR) is 130 cm³/mol. The zero-order valence-electron chi connectivity index (χ0n) is 19.1. The number of unbranched alkanes of at least 4 members (excludes halogenated alkanes) is 1. The van der Waals surface area contributed by atoms with Gasteiger partial charge in [0.25, 0.3) is 5.91 Å². The van der Waals surface area contributed by atoms with Crippen molar-refractivity contribution in [1.29, 1.82) is 0 Å². The van der Waals surface area contributed by atoms with Crippen molar-refractivity contribution in [3.8, 4) is 11.5 Å². The lowest BCUT2D eigenvalue weighted by molar-refractivity contribution is 0.0949. The first-order valence-corrected chi connectivity index (χ1v) is 11.2. The van der Waals surface area contributed by atoms with Crippen LogP contribution >= 0.6 is 0 Å². The fourth-order valence-corrected chi connectivity index (χ4v) is 3.73. The van der Waals surface area contributed by atoms with Gasteiger partial charge in [-0.15, -0.1) is 0 Å². The molecule has 0 fully saturated rings. The van der Waals surface area contributed by atoms with E-state index >= 15 is 0 Å². The van der Waals surface area contributed by atoms with Crippen molar-refractivity contribution >= 4 is 16.9 Å². The van der Waals surface area contributed by atoms with Gasteiger partial charge in [-0.25, -0.2) is 4.98 Å². The van der Waals surface area contributed by atoms with Gasteiger partial charge in [-0.2, -0.15) is 0 Å². The van der Waals surface area contributed by atoms with Gasteiger partial charge in [0, 0.05) is 18.2 Å². The third kappa shape index (κ3) is 5.71. The Hall–Kier alpha value is -3.80. The lowest BCUT2D eigenvalue weighted by Crippen LogP contribution is -2.24. The molecule has 0 saturated carbocycles. The average Bonchev–Trinajstić information content (AvgIpc) is 3.20. The molecule has 4 aromatic rings. The Morgan fingerprint density at radius 2 is 1.76 bits per heavy atom. The second-order valence-electron chi connectivity index (χ2n) is 7.95. The smallest absolute Gasteiger partial charge is 0.251 e. The van der Waals surface area contributed by atoms with Crippen LogP contribution in [0, 0.1) is 6.92 Å². The largest absolute Gasteiger partial charge is 0.497 e. The number of carbonyl (C=O) groups is 1. The Labute approximate surface area is 194 Å². The first-order chi connectivity index (χ1) is 16.1. The number of benzene rings is 3. The number of rotatable bonds is 10. The standard InChI is InChI=1S/C27H29N3O3/c1-20-12-14-21(15-13-20)27(31)28-19-26-29-24-10-3-4-11-25(24)30(26)16-5-6-17-33-23-9-7-8-22(18-23)32-2/h3-4,7-15,18H,5-6,16-17,19H2,1-2H3,(H,28,31). The first kappa shape index (κ1) is 22.4. The highest BCUT2D eigenvalue weighted by Crippen LogP contribution is 2.20. The SMILES string of the molecule is COc1cccc(OCCCCn2c(CNC(=O)c3ccc(C)cc3)nc3ccccc32)c1. The van der Waals surface area contributed by atoms with E-state index in [1.54, 1.807) is 7.11 Å². The zero-order valence-corrected chi connectivity index (χ0v) is 19.1. The fourth-order valence-electron chi connectivity index (χ4n) is 3.73. The van der Waals surface area contributed by atoms with E-state index in [0.717, 1.165) is 53.3 Å². The molecule has 170 valence electrons. The quantitative estimate of drug-likeness (QED) is 0.345. The highest BCUT2D eigenvalue weighted by atomic mass is 16.5. The number of nitrogens with zero attached hydrogens (tertiary/aromatic N) is 2. The minimum Gasteiger partial charge on any atom is -0.497 e. The number of nitrogens with one attached hydrogen (secondary N) is 1. The Morgan fingerprint density at radius 1 is 0.970 bits per heavy atom. The Balaban J connectivity index is 1.36. The van der Waals surface area contributed by atoms with Gasteiger partial charge in [0.2, 0.25) is 0 Å². The molecule has 3 aromatic carbocycles. The molecule has 0 atom stereocenters. The summed E-state index contributed by atoms with van der Waals surface area (Å²) in [7, 11) is 1.65. The van der Waals surface area contributed by atoms with E-state index in [1.807, 2.05) is 73.7 Å². The molecule has 1 amide bonds. The number of methoxy groups -OCH3 is 1. The van der Waals surface area contributed by atoms with Crippen molar-refractivity contribution in [2.75, 3.05) is 13.7 Å². The molecule has 6 heteroatoms. The minimum absolute atomic E-state index is 0.0969. The Morgan fingerprint density at radius 3 is 2.58 bits per heavy atom. The maximum Gasteiger partial charge on any atom is 0.251 e. The van der Waals surface area contributed by atoms with Crippen molar-refractivity contribution < 1.29 is 14.3 Å². The van der Waals surface area contributed by atoms with Gasteiger partial charge in [0.05, 0.1) is 31.3 Å². The summed E-state index contributed by atoms with van der Waals surface area (Å²) < 4.78 is 13.3. The second kappa shape index (κ2) is 10.7. The van der Waals surface area contributed by atoms with Gasteiger partial charge in [0.15, 0.2) is 0 Å². The van der Waals surface area contributed by atoms with Crippen LogP contribution in [0.4, 0.5) is 0 Å². The van der Waals surface area contributed by atoms with Crippen molar-refractivity contribution in [2.45, 2.75) is 32.9 Å². The molecule has 6 nitrogen and oxygen atoms in total. The summed E-state index contributed by atoms with van der Waals surface area (Å²) in [6, 6.07) is 23.3. The molecule has 1 aromatic heterocycles. The molecule has 33 heavy (non-hydrogen) atoms. The molecule has 1 N–H and O–H groups in total. The number of ether oxygens (including phenoxy) is 2. The van der Waals surface area contributed by atoms with Crippen LogP contribution in [0.5, 0.6) is 11.5 Å². The molecule has 0 unspecified atom stereocenters. The molecular weight excluding hydrogens is 414 g/mol. The van der Waals surface area contributed by atoms with Gasteiger partial charge in [-0.3, -0.25) is 4.79 Å². The van der Waals surface area contributed by atoms with E-state index in [2.05, 4.69) is 16.0 Å². The number of carbonyl (C=O) groups excluding carboxylic acids is 1. The molecule has 0 aliphatic rings. The molecule has 0 spiro atoms. The molecule has 1 heterocycles. The lowest BCUT2D eigenvalue weighted by Gasteiger charge is -2.11. The van der Waals surface area contributed by atoms with E-state index < -0.39 is 0 Å². The van der Waals surface area contributed by atoms with E-state index in [-0.39, 0.29) is 5.91 Å². The minimum atomic E-state index is -0.0969. The third-order valence-corrected chi connectivity index (χ3v) is 5.54. The number of aromatic nitrogens is 2. The topological polar surface area (TPSA) is 65.4 Å². The molecule has 0 radical (unpaired) electrons. The molecular formula is C27H29N3O3. The average molecular weight is 444 g/mol. The number of para-hydroxylation sites is 2. The van der Waals surface area contributed by atoms with Gasteiger partial charge in [-0.1, -0.05) is 35.9 Å². The first-order valence-electron chi connectivity index (χ1n) is 11.2. The third-order valence-electron chi connectivity index (χ3n) is 5.54. The van der Waals surface area contributed by atoms with Gasteiger partial charge in [-0.05, 0) is 56.2 Å². The van der Waals surface area contributed by atoms with E-state index in [1.165, 1.54) is 0 Å². The number of amides is 1. The van der Waals surface area contributed by atoms with Crippen LogP contribution in [0.25, 0.3) is 11.0 Å². The summed E-state index contributed by atoms with van der Waals surface area (Å²) in [4.78, 5) is 17.3. The molecule has 0 bridgehead atoms. The number of hydrogen-bond donors (Lipinski definition) is 1. The molecule has 0 aliphatic heterocycles. The van der Waals surface area contributed by atoms with E-state index in [9.17, 15) is 4.79 Å². The molecule has 4 rings (SSSR count). The number of imidazole rings is 1. The summed E-state index contributed by atoms with van der Waals surface area (Å²) in [5, 5.41) is 3.01. The van der Waals surface area contributed by atoms with Crippen molar-refractivity contribution in [3.05, 3.63) is 89.7 Å². The summed E-state index contributed by atoms with van der Waals surface area (Å²) in [5.74, 6) is 2.35. The Kier molecular flexibility index (Phi) is 7.25. The van der Waals surface area contributed by atoms with Gasteiger partial charge >= 0.3 is 0 Å². The molecule has 0 aliphatic carbocycles. The van der Waals surface area contributed by atoms with Crippen molar-refractivity contribution in [3.63, 3.8) is 0 Å². The normalized spacial score (nSPS) is 10.8. The summed E-state index contributed by atoms with van der Waals surface area (Å²) in [5.41, 5.74) is 3.79. The van der Waals surface area contributed by atoms with Gasteiger partial charge in [0.1, 0.15) is 17.3 Å². The maximum absolute atomic E-state index is 12.6. The fraction of sp³-hybridized carbons (Fsp3) is 0.259. The van der Waals surface area contributed by atoms with Crippen LogP contribution in [0.15, 0.2) is 72.8 Å². The number of aryl methyl sites for hydroxylation is 2. The molecule has 0 saturated heterocycles. The zero-order chi connectivity index (χ0) is 23.0. The monoisotopic (exact) mass is 443 g/mol. The lowest BCUT2D eigenvalue weighted by atomic mass is 10.1. The summed E-state index contributed by atoms with van der Waals surface area (Å²) in [6.07, 6.45) is 1.84. The predicted octanol–water partition coefficient (Wildman–Crippen LogP) is 5.14.